The van der Waals surface area contributed by atoms with Crippen LogP contribution in [0.4, 0.5) is 13.2 Å². The predicted molar refractivity (Wildman–Crippen MR) is 86.4 cm³/mol. The molecule has 1 fully saturated rings. The summed E-state index contributed by atoms with van der Waals surface area (Å²) in [5, 5.41) is 10.5. The number of hydrogen-bond donors (Lipinski definition) is 2. The van der Waals surface area contributed by atoms with Gasteiger partial charge in [-0.2, -0.15) is 13.2 Å². The molecule has 2 atom stereocenters. The molecule has 1 amide bonds. The number of amides is 1. The van der Waals surface area contributed by atoms with E-state index < -0.39 is 11.7 Å². The van der Waals surface area contributed by atoms with Crippen LogP contribution >= 0.6 is 0 Å². The lowest BCUT2D eigenvalue weighted by atomic mass is 9.84. The first kappa shape index (κ1) is 18.3. The second-order valence-electron chi connectivity index (χ2n) is 6.31. The van der Waals surface area contributed by atoms with Gasteiger partial charge in [-0.3, -0.25) is 4.79 Å². The number of hydrogen-bond acceptors (Lipinski definition) is 5. The minimum Gasteiger partial charge on any atom is -0.348 e. The van der Waals surface area contributed by atoms with E-state index >= 15 is 0 Å². The third kappa shape index (κ3) is 4.01. The number of nitrogens with one attached hydrogen (secondary N) is 1. The topological polar surface area (TPSA) is 98.7 Å². The summed E-state index contributed by atoms with van der Waals surface area (Å²) >= 11 is 0. The highest BCUT2D eigenvalue weighted by atomic mass is 19.4. The van der Waals surface area contributed by atoms with Crippen molar-refractivity contribution >= 4 is 5.91 Å². The van der Waals surface area contributed by atoms with Gasteiger partial charge in [0.1, 0.15) is 0 Å². The van der Waals surface area contributed by atoms with Gasteiger partial charge in [-0.25, -0.2) is 9.67 Å². The molecule has 2 aromatic heterocycles. The maximum Gasteiger partial charge on any atom is 0.417 e. The fraction of sp³-hybridized carbons (Fsp3) is 0.500. The third-order valence-electron chi connectivity index (χ3n) is 4.56. The van der Waals surface area contributed by atoms with Crippen LogP contribution in [0.3, 0.4) is 0 Å². The maximum absolute atomic E-state index is 12.6. The number of carbonyl (C=O) groups excluding carboxylic acids is 1. The van der Waals surface area contributed by atoms with E-state index in [0.717, 1.165) is 36.4 Å². The van der Waals surface area contributed by atoms with E-state index in [2.05, 4.69) is 20.6 Å². The lowest BCUT2D eigenvalue weighted by Crippen LogP contribution is -2.44. The Bertz CT molecular complexity index is 758. The minimum atomic E-state index is -4.46. The number of rotatable bonds is 4. The summed E-state index contributed by atoms with van der Waals surface area (Å²) in [5.41, 5.74) is 4.98. The van der Waals surface area contributed by atoms with E-state index in [4.69, 9.17) is 5.73 Å². The maximum atomic E-state index is 12.6. The van der Waals surface area contributed by atoms with Crippen molar-refractivity contribution in [1.29, 1.82) is 0 Å². The first-order valence-corrected chi connectivity index (χ1v) is 8.35. The van der Waals surface area contributed by atoms with Crippen molar-refractivity contribution in [2.75, 3.05) is 6.54 Å². The fourth-order valence-electron chi connectivity index (χ4n) is 3.09. The van der Waals surface area contributed by atoms with Crippen molar-refractivity contribution in [1.82, 2.24) is 25.3 Å². The van der Waals surface area contributed by atoms with Gasteiger partial charge in [0.15, 0.2) is 11.5 Å². The van der Waals surface area contributed by atoms with Crippen LogP contribution < -0.4 is 11.1 Å². The van der Waals surface area contributed by atoms with Crippen molar-refractivity contribution in [2.45, 2.75) is 37.9 Å². The zero-order valence-electron chi connectivity index (χ0n) is 13.9. The standard InChI is InChI=1S/C16H19F3N6O/c17-16(18,19)11-5-6-14(21-8-11)25-9-13(23-24-25)15(26)22-12-4-2-1-3-10(12)7-20/h5-6,8-10,12H,1-4,7,20H2,(H,22,26). The molecule has 140 valence electrons. The first-order valence-electron chi connectivity index (χ1n) is 8.35. The van der Waals surface area contributed by atoms with Crippen molar-refractivity contribution in [3.63, 3.8) is 0 Å². The summed E-state index contributed by atoms with van der Waals surface area (Å²) in [5.74, 6) is -0.00473. The third-order valence-corrected chi connectivity index (χ3v) is 4.56. The molecular weight excluding hydrogens is 349 g/mol. The number of alkyl halides is 3. The number of nitrogens with zero attached hydrogens (tertiary/aromatic N) is 4. The van der Waals surface area contributed by atoms with Crippen molar-refractivity contribution in [3.05, 3.63) is 35.8 Å². The second kappa shape index (κ2) is 7.40. The first-order chi connectivity index (χ1) is 12.4. The van der Waals surface area contributed by atoms with Gasteiger partial charge < -0.3 is 11.1 Å². The SMILES string of the molecule is NCC1CCCCC1NC(=O)c1cn(-c2ccc(C(F)(F)F)cn2)nn1. The summed E-state index contributed by atoms with van der Waals surface area (Å²) in [4.78, 5) is 16.1. The smallest absolute Gasteiger partial charge is 0.348 e. The predicted octanol–water partition coefficient (Wildman–Crippen LogP) is 1.93. The molecule has 26 heavy (non-hydrogen) atoms. The largest absolute Gasteiger partial charge is 0.417 e. The summed E-state index contributed by atoms with van der Waals surface area (Å²) in [6.45, 7) is 0.507. The zero-order chi connectivity index (χ0) is 18.7. The molecule has 2 unspecified atom stereocenters. The van der Waals surface area contributed by atoms with Gasteiger partial charge in [-0.05, 0) is 37.4 Å². The molecule has 3 rings (SSSR count). The molecule has 1 aliphatic carbocycles. The van der Waals surface area contributed by atoms with Crippen molar-refractivity contribution in [2.24, 2.45) is 11.7 Å². The highest BCUT2D eigenvalue weighted by Crippen LogP contribution is 2.28. The Morgan fingerprint density at radius 3 is 2.73 bits per heavy atom. The van der Waals surface area contributed by atoms with Gasteiger partial charge in [0, 0.05) is 12.2 Å². The monoisotopic (exact) mass is 368 g/mol. The lowest BCUT2D eigenvalue weighted by Gasteiger charge is -2.30. The number of carbonyl (C=O) groups is 1. The minimum absolute atomic E-state index is 0.00408. The summed E-state index contributed by atoms with van der Waals surface area (Å²) in [6, 6.07) is 2.07. The van der Waals surface area contributed by atoms with Crippen LogP contribution in [0.15, 0.2) is 24.5 Å². The van der Waals surface area contributed by atoms with Gasteiger partial charge in [-0.1, -0.05) is 18.1 Å². The number of pyridine rings is 1. The molecule has 1 saturated carbocycles. The van der Waals surface area contributed by atoms with Gasteiger partial charge in [-0.15, -0.1) is 5.10 Å². The van der Waals surface area contributed by atoms with Crippen LogP contribution in [0.1, 0.15) is 41.7 Å². The van der Waals surface area contributed by atoms with E-state index in [-0.39, 0.29) is 29.4 Å². The molecule has 10 heteroatoms. The van der Waals surface area contributed by atoms with Gasteiger partial charge in [0.25, 0.3) is 5.91 Å². The Balaban J connectivity index is 1.70. The molecule has 2 aromatic rings. The molecule has 7 nitrogen and oxygen atoms in total. The van der Waals surface area contributed by atoms with Gasteiger partial charge >= 0.3 is 6.18 Å². The molecule has 0 aliphatic heterocycles. The Labute approximate surface area is 147 Å². The van der Waals surface area contributed by atoms with Crippen LogP contribution in [0.5, 0.6) is 0 Å². The van der Waals surface area contributed by atoms with Crippen molar-refractivity contribution < 1.29 is 18.0 Å². The molecule has 0 bridgehead atoms. The van der Waals surface area contributed by atoms with Crippen LogP contribution in [0, 0.1) is 5.92 Å². The molecule has 1 aliphatic rings. The van der Waals surface area contributed by atoms with Crippen LogP contribution in [-0.2, 0) is 6.18 Å². The molecule has 0 spiro atoms. The number of halogens is 3. The lowest BCUT2D eigenvalue weighted by molar-refractivity contribution is -0.137. The molecule has 3 N–H and O–H groups in total. The van der Waals surface area contributed by atoms with Crippen LogP contribution in [0.25, 0.3) is 5.82 Å². The molecular formula is C16H19F3N6O. The van der Waals surface area contributed by atoms with E-state index in [1.807, 2.05) is 0 Å². The highest BCUT2D eigenvalue weighted by Gasteiger charge is 2.31. The molecule has 0 aromatic carbocycles. The molecule has 0 radical (unpaired) electrons. The van der Waals surface area contributed by atoms with Gasteiger partial charge in [0.2, 0.25) is 0 Å². The summed E-state index contributed by atoms with van der Waals surface area (Å²) < 4.78 is 38.9. The zero-order valence-corrected chi connectivity index (χ0v) is 13.9. The number of nitrogens with two attached hydrogens (primary N) is 1. The summed E-state index contributed by atoms with van der Waals surface area (Å²) in [6.07, 6.45) is 1.56. The van der Waals surface area contributed by atoms with E-state index in [1.54, 1.807) is 0 Å². The van der Waals surface area contributed by atoms with E-state index in [0.29, 0.717) is 12.7 Å². The van der Waals surface area contributed by atoms with Crippen LogP contribution in [0.2, 0.25) is 0 Å². The molecule has 2 heterocycles. The highest BCUT2D eigenvalue weighted by molar-refractivity contribution is 5.92. The Hall–Kier alpha value is -2.49. The van der Waals surface area contributed by atoms with Gasteiger partial charge in [0.05, 0.1) is 11.8 Å². The average molecular weight is 368 g/mol. The van der Waals surface area contributed by atoms with E-state index in [1.165, 1.54) is 12.3 Å². The van der Waals surface area contributed by atoms with Crippen molar-refractivity contribution in [3.8, 4) is 5.82 Å². The average Bonchev–Trinajstić information content (AvgIpc) is 3.12. The molecule has 0 saturated heterocycles. The Morgan fingerprint density at radius 1 is 1.31 bits per heavy atom. The second-order valence-corrected chi connectivity index (χ2v) is 6.31. The van der Waals surface area contributed by atoms with E-state index in [9.17, 15) is 18.0 Å². The summed E-state index contributed by atoms with van der Waals surface area (Å²) in [7, 11) is 0. The Kier molecular flexibility index (Phi) is 5.21. The fourth-order valence-corrected chi connectivity index (χ4v) is 3.09. The Morgan fingerprint density at radius 2 is 2.08 bits per heavy atom. The van der Waals surface area contributed by atoms with Crippen LogP contribution in [-0.4, -0.2) is 38.5 Å². The number of aromatic nitrogens is 4. The normalized spacial score (nSPS) is 20.8. The quantitative estimate of drug-likeness (QED) is 0.859.